The molecule has 4 aromatic rings. The Labute approximate surface area is 223 Å². The first-order valence-corrected chi connectivity index (χ1v) is 14.1. The third-order valence-electron chi connectivity index (χ3n) is 8.75. The first-order valence-electron chi connectivity index (χ1n) is 14.1. The molecule has 0 atom stereocenters. The lowest BCUT2D eigenvalue weighted by molar-refractivity contribution is 0.172. The van der Waals surface area contributed by atoms with E-state index in [0.717, 1.165) is 39.6 Å². The molecule has 8 nitrogen and oxygen atoms in total. The van der Waals surface area contributed by atoms with Gasteiger partial charge in [0.2, 0.25) is 5.95 Å². The molecule has 7 rings (SSSR count). The van der Waals surface area contributed by atoms with Gasteiger partial charge in [-0.2, -0.15) is 5.10 Å². The van der Waals surface area contributed by atoms with Crippen LogP contribution in [0.2, 0.25) is 0 Å². The molecular formula is C30H37N7O. The van der Waals surface area contributed by atoms with E-state index in [4.69, 9.17) is 10.1 Å². The lowest BCUT2D eigenvalue weighted by atomic mass is 10.0. The second kappa shape index (κ2) is 8.56. The van der Waals surface area contributed by atoms with Crippen molar-refractivity contribution < 1.29 is 0 Å². The first kappa shape index (κ1) is 23.7. The summed E-state index contributed by atoms with van der Waals surface area (Å²) in [6.07, 6.45) is 11.3. The summed E-state index contributed by atoms with van der Waals surface area (Å²) in [7, 11) is 0. The third kappa shape index (κ3) is 3.88. The fourth-order valence-corrected chi connectivity index (χ4v) is 6.78. The molecular weight excluding hydrogens is 474 g/mol. The van der Waals surface area contributed by atoms with Crippen molar-refractivity contribution >= 4 is 16.9 Å². The second-order valence-corrected chi connectivity index (χ2v) is 12.3. The maximum Gasteiger partial charge on any atom is 0.255 e. The number of hydrogen-bond acceptors (Lipinski definition) is 5. The SMILES string of the molecule is CC(C)N1c2nc(-c3c[nH]c4ccc(-c5cnn(C6CCN(C7CC7)CC6)c5)cc34)cc(=O)n2CC1(C)C. The van der Waals surface area contributed by atoms with Crippen molar-refractivity contribution in [2.45, 2.75) is 83.6 Å². The fourth-order valence-electron chi connectivity index (χ4n) is 6.78. The Hall–Kier alpha value is -3.39. The smallest absolute Gasteiger partial charge is 0.255 e. The van der Waals surface area contributed by atoms with Crippen LogP contribution >= 0.6 is 0 Å². The number of nitrogens with one attached hydrogen (secondary N) is 1. The number of anilines is 1. The van der Waals surface area contributed by atoms with Gasteiger partial charge in [0, 0.05) is 65.7 Å². The van der Waals surface area contributed by atoms with E-state index in [1.165, 1.54) is 38.8 Å². The van der Waals surface area contributed by atoms with Crippen molar-refractivity contribution in [3.05, 3.63) is 53.2 Å². The maximum absolute atomic E-state index is 13.2. The number of nitrogens with zero attached hydrogens (tertiary/aromatic N) is 6. The van der Waals surface area contributed by atoms with Crippen LogP contribution in [0.25, 0.3) is 33.3 Å². The van der Waals surface area contributed by atoms with Crippen LogP contribution in [0, 0.1) is 0 Å². The summed E-state index contributed by atoms with van der Waals surface area (Å²) in [5.41, 5.74) is 4.80. The zero-order valence-corrected chi connectivity index (χ0v) is 22.8. The predicted octanol–water partition coefficient (Wildman–Crippen LogP) is 5.06. The Morgan fingerprint density at radius 3 is 2.55 bits per heavy atom. The molecule has 2 aliphatic heterocycles. The summed E-state index contributed by atoms with van der Waals surface area (Å²) in [6, 6.07) is 9.72. The Morgan fingerprint density at radius 2 is 1.82 bits per heavy atom. The molecule has 0 amide bonds. The van der Waals surface area contributed by atoms with E-state index >= 15 is 0 Å². The van der Waals surface area contributed by atoms with Crippen molar-refractivity contribution in [1.82, 2.24) is 29.2 Å². The van der Waals surface area contributed by atoms with E-state index in [1.54, 1.807) is 6.07 Å². The molecule has 3 aliphatic rings. The van der Waals surface area contributed by atoms with Gasteiger partial charge in [-0.25, -0.2) is 4.98 Å². The number of fused-ring (bicyclic) bond motifs is 2. The van der Waals surface area contributed by atoms with Gasteiger partial charge < -0.3 is 14.8 Å². The van der Waals surface area contributed by atoms with Gasteiger partial charge in [-0.3, -0.25) is 14.0 Å². The number of aromatic amines is 1. The number of hydrogen-bond donors (Lipinski definition) is 1. The van der Waals surface area contributed by atoms with E-state index < -0.39 is 0 Å². The van der Waals surface area contributed by atoms with E-state index in [-0.39, 0.29) is 17.1 Å². The lowest BCUT2D eigenvalue weighted by Gasteiger charge is -2.35. The van der Waals surface area contributed by atoms with Crippen LogP contribution in [0.1, 0.15) is 59.4 Å². The minimum absolute atomic E-state index is 0.000684. The highest BCUT2D eigenvalue weighted by Gasteiger charge is 2.39. The number of H-pyrrole nitrogens is 1. The van der Waals surface area contributed by atoms with Gasteiger partial charge in [0.25, 0.3) is 5.56 Å². The molecule has 38 heavy (non-hydrogen) atoms. The third-order valence-corrected chi connectivity index (χ3v) is 8.75. The molecule has 0 spiro atoms. The first-order chi connectivity index (χ1) is 18.3. The largest absolute Gasteiger partial charge is 0.360 e. The topological polar surface area (TPSA) is 75.0 Å². The molecule has 0 radical (unpaired) electrons. The van der Waals surface area contributed by atoms with E-state index in [2.05, 4.69) is 71.6 Å². The summed E-state index contributed by atoms with van der Waals surface area (Å²) in [4.78, 5) is 26.5. The van der Waals surface area contributed by atoms with Crippen molar-refractivity contribution in [1.29, 1.82) is 0 Å². The monoisotopic (exact) mass is 511 g/mol. The lowest BCUT2D eigenvalue weighted by Crippen LogP contribution is -2.45. The van der Waals surface area contributed by atoms with Crippen LogP contribution in [-0.4, -0.2) is 59.9 Å². The molecule has 198 valence electrons. The summed E-state index contributed by atoms with van der Waals surface area (Å²) >= 11 is 0. The molecule has 2 fully saturated rings. The summed E-state index contributed by atoms with van der Waals surface area (Å²) < 4.78 is 3.99. The standard InChI is InChI=1S/C30H37N7O/c1-19(2)37-29-33-27(14-28(38)35(29)18-30(37,3)4)25-16-31-26-8-5-20(13-24(25)26)21-15-32-36(17-21)23-9-11-34(12-10-23)22-6-7-22/h5,8,13-17,19,22-23,31H,6-7,9-12,18H2,1-4H3. The molecule has 1 saturated heterocycles. The van der Waals surface area contributed by atoms with Crippen LogP contribution in [-0.2, 0) is 6.54 Å². The minimum Gasteiger partial charge on any atom is -0.360 e. The highest BCUT2D eigenvalue weighted by Crippen LogP contribution is 2.37. The van der Waals surface area contributed by atoms with Crippen molar-refractivity contribution in [2.75, 3.05) is 18.0 Å². The van der Waals surface area contributed by atoms with Crippen LogP contribution < -0.4 is 10.5 Å². The molecule has 0 bridgehead atoms. The van der Waals surface area contributed by atoms with E-state index in [1.807, 2.05) is 17.0 Å². The molecule has 1 saturated carbocycles. The average Bonchev–Trinajstić information content (AvgIpc) is 3.34. The van der Waals surface area contributed by atoms with E-state index in [9.17, 15) is 4.79 Å². The van der Waals surface area contributed by atoms with Crippen molar-refractivity contribution in [3.63, 3.8) is 0 Å². The van der Waals surface area contributed by atoms with Gasteiger partial charge in [0.05, 0.1) is 30.0 Å². The number of rotatable bonds is 5. The Balaban J connectivity index is 1.21. The molecule has 1 aliphatic carbocycles. The van der Waals surface area contributed by atoms with Crippen molar-refractivity contribution in [3.8, 4) is 22.4 Å². The molecule has 1 N–H and O–H groups in total. The summed E-state index contributed by atoms with van der Waals surface area (Å²) in [5.74, 6) is 0.756. The van der Waals surface area contributed by atoms with Crippen LogP contribution in [0.15, 0.2) is 47.7 Å². The fraction of sp³-hybridized carbons (Fsp3) is 0.500. The van der Waals surface area contributed by atoms with Gasteiger partial charge in [-0.15, -0.1) is 0 Å². The van der Waals surface area contributed by atoms with Gasteiger partial charge >= 0.3 is 0 Å². The van der Waals surface area contributed by atoms with Crippen LogP contribution in [0.5, 0.6) is 0 Å². The molecule has 8 heteroatoms. The normalized spacial score (nSPS) is 20.1. The number of aromatic nitrogens is 5. The highest BCUT2D eigenvalue weighted by molar-refractivity contribution is 5.97. The van der Waals surface area contributed by atoms with E-state index in [0.29, 0.717) is 18.3 Å². The molecule has 5 heterocycles. The maximum atomic E-state index is 13.2. The Kier molecular flexibility index (Phi) is 5.34. The highest BCUT2D eigenvalue weighted by atomic mass is 16.1. The predicted molar refractivity (Wildman–Crippen MR) is 152 cm³/mol. The second-order valence-electron chi connectivity index (χ2n) is 12.3. The van der Waals surface area contributed by atoms with Crippen LogP contribution in [0.3, 0.4) is 0 Å². The minimum atomic E-state index is -0.159. The van der Waals surface area contributed by atoms with Crippen molar-refractivity contribution in [2.24, 2.45) is 0 Å². The quantitative estimate of drug-likeness (QED) is 0.405. The molecule has 3 aromatic heterocycles. The van der Waals surface area contributed by atoms with Gasteiger partial charge in [0.1, 0.15) is 0 Å². The Morgan fingerprint density at radius 1 is 1.03 bits per heavy atom. The van der Waals surface area contributed by atoms with Gasteiger partial charge in [0.15, 0.2) is 0 Å². The molecule has 0 unspecified atom stereocenters. The zero-order valence-electron chi connectivity index (χ0n) is 22.8. The number of benzene rings is 1. The van der Waals surface area contributed by atoms with Gasteiger partial charge in [-0.05, 0) is 71.1 Å². The van der Waals surface area contributed by atoms with Crippen LogP contribution in [0.4, 0.5) is 5.95 Å². The molecule has 1 aromatic carbocycles. The number of likely N-dealkylation sites (tertiary alicyclic amines) is 1. The average molecular weight is 512 g/mol. The summed E-state index contributed by atoms with van der Waals surface area (Å²) in [6.45, 7) is 11.7. The summed E-state index contributed by atoms with van der Waals surface area (Å²) in [5, 5.41) is 5.84. The zero-order chi connectivity index (χ0) is 26.2. The van der Waals surface area contributed by atoms with Gasteiger partial charge in [-0.1, -0.05) is 6.07 Å². The Bertz CT molecular complexity index is 1560. The number of piperidine rings is 1.